The van der Waals surface area contributed by atoms with Crippen LogP contribution in [0.4, 0.5) is 5.00 Å². The van der Waals surface area contributed by atoms with E-state index in [1.807, 2.05) is 7.05 Å². The summed E-state index contributed by atoms with van der Waals surface area (Å²) in [4.78, 5) is 2.54. The lowest BCUT2D eigenvalue weighted by Crippen LogP contribution is -2.33. The van der Waals surface area contributed by atoms with Crippen molar-refractivity contribution in [3.8, 4) is 0 Å². The molecule has 0 radical (unpaired) electrons. The summed E-state index contributed by atoms with van der Waals surface area (Å²) >= 11 is 1.44. The normalized spacial score (nSPS) is 21.9. The van der Waals surface area contributed by atoms with E-state index in [0.29, 0.717) is 6.04 Å². The number of rotatable bonds is 4. The highest BCUT2D eigenvalue weighted by atomic mass is 32.1. The molecule has 2 heterocycles. The first kappa shape index (κ1) is 11.8. The maximum absolute atomic E-state index is 4.21. The Bertz CT molecular complexity index is 336. The largest absolute Gasteiger partial charge is 0.377 e. The summed E-state index contributed by atoms with van der Waals surface area (Å²) in [5.41, 5.74) is 1.10. The van der Waals surface area contributed by atoms with Gasteiger partial charge in [-0.2, -0.15) is 0 Å². The van der Waals surface area contributed by atoms with E-state index in [2.05, 4.69) is 33.7 Å². The molecule has 1 N–H and O–H groups in total. The van der Waals surface area contributed by atoms with Crippen LogP contribution in [0.25, 0.3) is 0 Å². The molecular weight excluding hydrogens is 220 g/mol. The van der Waals surface area contributed by atoms with Crippen LogP contribution in [-0.2, 0) is 6.54 Å². The second-order valence-corrected chi connectivity index (χ2v) is 5.48. The zero-order chi connectivity index (χ0) is 11.5. The topological polar surface area (TPSA) is 41.1 Å². The van der Waals surface area contributed by atoms with Crippen molar-refractivity contribution in [3.05, 3.63) is 5.69 Å². The first-order chi connectivity index (χ1) is 7.72. The summed E-state index contributed by atoms with van der Waals surface area (Å²) in [6.07, 6.45) is 2.64. The van der Waals surface area contributed by atoms with E-state index in [1.54, 1.807) is 0 Å². The molecule has 1 saturated heterocycles. The first-order valence-electron chi connectivity index (χ1n) is 5.95. The van der Waals surface area contributed by atoms with Crippen LogP contribution in [0.3, 0.4) is 0 Å². The van der Waals surface area contributed by atoms with E-state index >= 15 is 0 Å². The maximum atomic E-state index is 4.21. The van der Waals surface area contributed by atoms with E-state index < -0.39 is 0 Å². The Morgan fingerprint density at radius 3 is 3.06 bits per heavy atom. The third-order valence-electron chi connectivity index (χ3n) is 3.32. The average Bonchev–Trinajstić information content (AvgIpc) is 2.86. The Balaban J connectivity index is 2.04. The summed E-state index contributed by atoms with van der Waals surface area (Å²) in [7, 11) is 1.93. The average molecular weight is 240 g/mol. The molecule has 4 nitrogen and oxygen atoms in total. The zero-order valence-corrected chi connectivity index (χ0v) is 11.0. The van der Waals surface area contributed by atoms with Crippen LogP contribution >= 0.6 is 11.5 Å². The molecule has 1 aliphatic heterocycles. The standard InChI is InChI=1S/C11H20N4S/c1-8(2)10-5-4-6-15(10)7-9-11(12-3)16-14-13-9/h8,10,12H,4-7H2,1-3H3. The van der Waals surface area contributed by atoms with E-state index in [9.17, 15) is 0 Å². The highest BCUT2D eigenvalue weighted by Crippen LogP contribution is 2.27. The number of nitrogens with one attached hydrogen (secondary N) is 1. The molecule has 1 aromatic heterocycles. The Morgan fingerprint density at radius 2 is 2.38 bits per heavy atom. The van der Waals surface area contributed by atoms with Crippen molar-refractivity contribution in [2.24, 2.45) is 5.92 Å². The molecule has 16 heavy (non-hydrogen) atoms. The lowest BCUT2D eigenvalue weighted by atomic mass is 10.0. The predicted molar refractivity (Wildman–Crippen MR) is 67.7 cm³/mol. The summed E-state index contributed by atoms with van der Waals surface area (Å²) in [6, 6.07) is 0.714. The smallest absolute Gasteiger partial charge is 0.134 e. The molecule has 1 aromatic rings. The Kier molecular flexibility index (Phi) is 3.76. The van der Waals surface area contributed by atoms with Crippen molar-refractivity contribution >= 4 is 16.5 Å². The number of aromatic nitrogens is 2. The molecule has 5 heteroatoms. The third kappa shape index (κ3) is 2.35. The molecule has 0 aromatic carbocycles. The quantitative estimate of drug-likeness (QED) is 0.876. The second kappa shape index (κ2) is 5.10. The van der Waals surface area contributed by atoms with E-state index in [-0.39, 0.29) is 0 Å². The number of anilines is 1. The van der Waals surface area contributed by atoms with Crippen LogP contribution in [0.2, 0.25) is 0 Å². The number of likely N-dealkylation sites (tertiary alicyclic amines) is 1. The molecule has 1 aliphatic rings. The highest BCUT2D eigenvalue weighted by molar-refractivity contribution is 7.10. The second-order valence-electron chi connectivity index (χ2n) is 4.72. The van der Waals surface area contributed by atoms with Gasteiger partial charge in [-0.15, -0.1) is 5.10 Å². The van der Waals surface area contributed by atoms with Gasteiger partial charge in [-0.1, -0.05) is 18.3 Å². The maximum Gasteiger partial charge on any atom is 0.134 e. The van der Waals surface area contributed by atoms with Gasteiger partial charge in [0, 0.05) is 31.2 Å². The van der Waals surface area contributed by atoms with Crippen molar-refractivity contribution in [3.63, 3.8) is 0 Å². The molecule has 0 aliphatic carbocycles. The number of hydrogen-bond acceptors (Lipinski definition) is 5. The van der Waals surface area contributed by atoms with Gasteiger partial charge in [-0.25, -0.2) is 0 Å². The molecule has 0 amide bonds. The lowest BCUT2D eigenvalue weighted by molar-refractivity contribution is 0.197. The zero-order valence-electron chi connectivity index (χ0n) is 10.2. The first-order valence-corrected chi connectivity index (χ1v) is 6.72. The van der Waals surface area contributed by atoms with Gasteiger partial charge in [0.05, 0.1) is 0 Å². The fourth-order valence-electron chi connectivity index (χ4n) is 2.50. The van der Waals surface area contributed by atoms with E-state index in [0.717, 1.165) is 23.2 Å². The van der Waals surface area contributed by atoms with Crippen LogP contribution in [0.15, 0.2) is 0 Å². The minimum atomic E-state index is 0.714. The highest BCUT2D eigenvalue weighted by Gasteiger charge is 2.28. The minimum Gasteiger partial charge on any atom is -0.377 e. The summed E-state index contributed by atoms with van der Waals surface area (Å²) in [6.45, 7) is 6.75. The molecular formula is C11H20N4S. The summed E-state index contributed by atoms with van der Waals surface area (Å²) < 4.78 is 4.01. The van der Waals surface area contributed by atoms with E-state index in [1.165, 1.54) is 30.9 Å². The Labute approximate surface area is 101 Å². The van der Waals surface area contributed by atoms with Crippen LogP contribution in [0, 0.1) is 5.92 Å². The van der Waals surface area contributed by atoms with Crippen LogP contribution < -0.4 is 5.32 Å². The third-order valence-corrected chi connectivity index (χ3v) is 4.11. The summed E-state index contributed by atoms with van der Waals surface area (Å²) in [5, 5.41) is 8.48. The molecule has 0 saturated carbocycles. The van der Waals surface area contributed by atoms with Gasteiger partial charge in [0.15, 0.2) is 0 Å². The van der Waals surface area contributed by atoms with Gasteiger partial charge < -0.3 is 5.32 Å². The van der Waals surface area contributed by atoms with E-state index in [4.69, 9.17) is 0 Å². The molecule has 0 bridgehead atoms. The van der Waals surface area contributed by atoms with Crippen molar-refractivity contribution in [1.29, 1.82) is 0 Å². The Hall–Kier alpha value is -0.680. The Morgan fingerprint density at radius 1 is 1.56 bits per heavy atom. The fourth-order valence-corrected chi connectivity index (χ4v) is 3.02. The number of hydrogen-bond donors (Lipinski definition) is 1. The SMILES string of the molecule is CNc1snnc1CN1CCCC1C(C)C. The predicted octanol–water partition coefficient (Wildman–Crippen LogP) is 2.20. The lowest BCUT2D eigenvalue weighted by Gasteiger charge is -2.26. The van der Waals surface area contributed by atoms with Gasteiger partial charge in [0.1, 0.15) is 10.7 Å². The van der Waals surface area contributed by atoms with Crippen LogP contribution in [0.5, 0.6) is 0 Å². The van der Waals surface area contributed by atoms with Gasteiger partial charge in [0.25, 0.3) is 0 Å². The van der Waals surface area contributed by atoms with Crippen molar-refractivity contribution in [2.75, 3.05) is 18.9 Å². The van der Waals surface area contributed by atoms with Crippen LogP contribution in [-0.4, -0.2) is 34.1 Å². The van der Waals surface area contributed by atoms with Gasteiger partial charge in [0.2, 0.25) is 0 Å². The fraction of sp³-hybridized carbons (Fsp3) is 0.818. The number of nitrogens with zero attached hydrogens (tertiary/aromatic N) is 3. The van der Waals surface area contributed by atoms with Crippen molar-refractivity contribution in [1.82, 2.24) is 14.5 Å². The molecule has 1 fully saturated rings. The molecule has 2 rings (SSSR count). The van der Waals surface area contributed by atoms with Gasteiger partial charge >= 0.3 is 0 Å². The van der Waals surface area contributed by atoms with Gasteiger partial charge in [-0.3, -0.25) is 4.90 Å². The van der Waals surface area contributed by atoms with Crippen molar-refractivity contribution < 1.29 is 0 Å². The molecule has 90 valence electrons. The van der Waals surface area contributed by atoms with Gasteiger partial charge in [-0.05, 0) is 25.3 Å². The molecule has 1 atom stereocenters. The van der Waals surface area contributed by atoms with Crippen molar-refractivity contribution in [2.45, 2.75) is 39.3 Å². The monoisotopic (exact) mass is 240 g/mol. The van der Waals surface area contributed by atoms with Crippen LogP contribution in [0.1, 0.15) is 32.4 Å². The molecule has 0 spiro atoms. The molecule has 1 unspecified atom stereocenters. The minimum absolute atomic E-state index is 0.714. The summed E-state index contributed by atoms with van der Waals surface area (Å²) in [5.74, 6) is 0.729.